The molecule has 1 aliphatic rings. The molecule has 10 aromatic rings. The monoisotopic (exact) mass is 653 g/mol. The summed E-state index contributed by atoms with van der Waals surface area (Å²) in [6, 6.07) is 56.7. The first-order chi connectivity index (χ1) is 24.8. The van der Waals surface area contributed by atoms with Crippen molar-refractivity contribution in [1.29, 1.82) is 0 Å². The first kappa shape index (κ1) is 27.6. The number of nitrogens with zero attached hydrogens (tertiary/aromatic N) is 3. The maximum Gasteiger partial charge on any atom is 0.0979 e. The summed E-state index contributed by atoms with van der Waals surface area (Å²) in [5, 5.41) is 5.22. The van der Waals surface area contributed by atoms with Crippen LogP contribution in [0.15, 0.2) is 164 Å². The Morgan fingerprint density at radius 3 is 1.82 bits per heavy atom. The van der Waals surface area contributed by atoms with Crippen LogP contribution >= 0.6 is 11.3 Å². The average Bonchev–Trinajstić information content (AvgIpc) is 3.73. The molecule has 1 aliphatic carbocycles. The SMILES string of the molecule is c1cc(-c2cnc3c(n2)-c2ccccc2-c2ccccc2-c2ccccc2-3)cc(-n2c3ccccc3c3c4c(ccc32)sc2ccccc24)c1. The van der Waals surface area contributed by atoms with Crippen LogP contribution < -0.4 is 0 Å². The van der Waals surface area contributed by atoms with Gasteiger partial charge in [0.1, 0.15) is 0 Å². The number of thiophene rings is 1. The van der Waals surface area contributed by atoms with Crippen molar-refractivity contribution in [3.05, 3.63) is 164 Å². The summed E-state index contributed by atoms with van der Waals surface area (Å²) in [5.74, 6) is 0. The van der Waals surface area contributed by atoms with E-state index in [1.807, 2.05) is 17.5 Å². The van der Waals surface area contributed by atoms with E-state index in [-0.39, 0.29) is 0 Å². The molecule has 7 aromatic carbocycles. The molecule has 3 heterocycles. The van der Waals surface area contributed by atoms with E-state index in [0.717, 1.165) is 45.0 Å². The summed E-state index contributed by atoms with van der Waals surface area (Å²) in [6.45, 7) is 0. The molecule has 50 heavy (non-hydrogen) atoms. The van der Waals surface area contributed by atoms with Crippen LogP contribution in [0, 0.1) is 0 Å². The van der Waals surface area contributed by atoms with Crippen molar-refractivity contribution in [2.75, 3.05) is 0 Å². The molecule has 3 nitrogen and oxygen atoms in total. The lowest BCUT2D eigenvalue weighted by Gasteiger charge is -2.22. The summed E-state index contributed by atoms with van der Waals surface area (Å²) < 4.78 is 5.04. The maximum atomic E-state index is 5.44. The van der Waals surface area contributed by atoms with E-state index in [2.05, 4.69) is 162 Å². The van der Waals surface area contributed by atoms with Gasteiger partial charge in [0.2, 0.25) is 0 Å². The third kappa shape index (κ3) is 3.91. The topological polar surface area (TPSA) is 30.7 Å². The van der Waals surface area contributed by atoms with Gasteiger partial charge in [-0.2, -0.15) is 0 Å². The fourth-order valence-corrected chi connectivity index (χ4v) is 9.19. The summed E-state index contributed by atoms with van der Waals surface area (Å²) in [6.07, 6.45) is 1.94. The molecule has 0 aliphatic heterocycles. The lowest BCUT2D eigenvalue weighted by molar-refractivity contribution is 1.17. The highest BCUT2D eigenvalue weighted by atomic mass is 32.1. The van der Waals surface area contributed by atoms with Crippen LogP contribution in [0.2, 0.25) is 0 Å². The number of para-hydroxylation sites is 1. The Hall–Kier alpha value is -6.36. The smallest absolute Gasteiger partial charge is 0.0979 e. The Morgan fingerprint density at radius 1 is 0.440 bits per heavy atom. The number of hydrogen-bond acceptors (Lipinski definition) is 3. The van der Waals surface area contributed by atoms with E-state index < -0.39 is 0 Å². The third-order valence-corrected chi connectivity index (χ3v) is 11.4. The van der Waals surface area contributed by atoms with E-state index in [4.69, 9.17) is 9.97 Å². The molecule has 4 heteroatoms. The molecule has 0 unspecified atom stereocenters. The minimum Gasteiger partial charge on any atom is -0.309 e. The van der Waals surface area contributed by atoms with Crippen LogP contribution in [-0.4, -0.2) is 14.5 Å². The zero-order valence-electron chi connectivity index (χ0n) is 26.8. The van der Waals surface area contributed by atoms with E-state index in [9.17, 15) is 0 Å². The van der Waals surface area contributed by atoms with Gasteiger partial charge in [0.25, 0.3) is 0 Å². The lowest BCUT2D eigenvalue weighted by atomic mass is 9.84. The van der Waals surface area contributed by atoms with Crippen molar-refractivity contribution >= 4 is 53.3 Å². The third-order valence-electron chi connectivity index (χ3n) is 10.2. The second-order valence-corrected chi connectivity index (χ2v) is 14.0. The zero-order valence-corrected chi connectivity index (χ0v) is 27.7. The number of aromatic nitrogens is 3. The van der Waals surface area contributed by atoms with E-state index in [1.54, 1.807) is 0 Å². The van der Waals surface area contributed by atoms with Crippen LogP contribution in [0.4, 0.5) is 0 Å². The van der Waals surface area contributed by atoms with Crippen molar-refractivity contribution in [1.82, 2.24) is 14.5 Å². The zero-order chi connectivity index (χ0) is 32.8. The Labute approximate surface area is 292 Å². The van der Waals surface area contributed by atoms with Gasteiger partial charge < -0.3 is 4.57 Å². The molecule has 0 saturated heterocycles. The van der Waals surface area contributed by atoms with Gasteiger partial charge in [0.15, 0.2) is 0 Å². The normalized spacial score (nSPS) is 12.0. The second kappa shape index (κ2) is 10.6. The van der Waals surface area contributed by atoms with Crippen LogP contribution in [0.25, 0.3) is 104 Å². The highest BCUT2D eigenvalue weighted by molar-refractivity contribution is 7.26. The molecule has 3 aromatic heterocycles. The molecule has 0 radical (unpaired) electrons. The van der Waals surface area contributed by atoms with Gasteiger partial charge in [0.05, 0.1) is 34.3 Å². The van der Waals surface area contributed by atoms with Crippen molar-refractivity contribution in [2.24, 2.45) is 0 Å². The molecule has 0 fully saturated rings. The van der Waals surface area contributed by atoms with Crippen LogP contribution in [0.1, 0.15) is 0 Å². The van der Waals surface area contributed by atoms with Crippen LogP contribution in [0.5, 0.6) is 0 Å². The van der Waals surface area contributed by atoms with Gasteiger partial charge >= 0.3 is 0 Å². The summed E-state index contributed by atoms with van der Waals surface area (Å²) >= 11 is 1.87. The van der Waals surface area contributed by atoms with Gasteiger partial charge in [-0.3, -0.25) is 4.98 Å². The number of hydrogen-bond donors (Lipinski definition) is 0. The van der Waals surface area contributed by atoms with Gasteiger partial charge in [-0.1, -0.05) is 121 Å². The summed E-state index contributed by atoms with van der Waals surface area (Å²) in [4.78, 5) is 10.6. The van der Waals surface area contributed by atoms with Crippen molar-refractivity contribution < 1.29 is 0 Å². The molecule has 0 bridgehead atoms. The van der Waals surface area contributed by atoms with Gasteiger partial charge in [-0.25, -0.2) is 4.98 Å². The molecule has 232 valence electrons. The predicted molar refractivity (Wildman–Crippen MR) is 210 cm³/mol. The molecule has 0 amide bonds. The van der Waals surface area contributed by atoms with Crippen LogP contribution in [0.3, 0.4) is 0 Å². The molecular weight excluding hydrogens is 627 g/mol. The average molecular weight is 654 g/mol. The minimum absolute atomic E-state index is 0.846. The molecule has 0 atom stereocenters. The Balaban J connectivity index is 1.14. The number of fused-ring (bicyclic) bond motifs is 15. The van der Waals surface area contributed by atoms with E-state index >= 15 is 0 Å². The second-order valence-electron chi connectivity index (χ2n) is 12.9. The number of benzene rings is 7. The lowest BCUT2D eigenvalue weighted by Crippen LogP contribution is -2.02. The maximum absolute atomic E-state index is 5.44. The molecule has 0 spiro atoms. The first-order valence-electron chi connectivity index (χ1n) is 16.9. The van der Waals surface area contributed by atoms with E-state index in [0.29, 0.717) is 0 Å². The van der Waals surface area contributed by atoms with Crippen molar-refractivity contribution in [3.63, 3.8) is 0 Å². The van der Waals surface area contributed by atoms with Gasteiger partial charge in [0, 0.05) is 53.3 Å². The Morgan fingerprint density at radius 2 is 1.06 bits per heavy atom. The van der Waals surface area contributed by atoms with Crippen molar-refractivity contribution in [3.8, 4) is 61.7 Å². The standard InChI is InChI=1S/C46H27N3S/c1-2-15-31-30(14-1)32-16-3-5-18-34(32)45-46(35-19-6-4-17-33(31)35)48-38(27-47-45)28-12-11-13-29(26-28)49-39-22-9-7-20-36(39)43-40(49)24-25-42-44(43)37-21-8-10-23-41(37)50-42/h1-27H. The van der Waals surface area contributed by atoms with Gasteiger partial charge in [-0.15, -0.1) is 11.3 Å². The predicted octanol–water partition coefficient (Wildman–Crippen LogP) is 12.6. The van der Waals surface area contributed by atoms with Gasteiger partial charge in [-0.05, 0) is 58.7 Å². The van der Waals surface area contributed by atoms with E-state index in [1.165, 1.54) is 58.7 Å². The number of rotatable bonds is 2. The largest absolute Gasteiger partial charge is 0.309 e. The fraction of sp³-hybridized carbons (Fsp3) is 0. The minimum atomic E-state index is 0.846. The van der Waals surface area contributed by atoms with Crippen molar-refractivity contribution in [2.45, 2.75) is 0 Å². The molecular formula is C46H27N3S. The first-order valence-corrected chi connectivity index (χ1v) is 17.7. The molecule has 11 rings (SSSR count). The highest BCUT2D eigenvalue weighted by Crippen LogP contribution is 2.47. The summed E-state index contributed by atoms with van der Waals surface area (Å²) in [7, 11) is 0. The summed E-state index contributed by atoms with van der Waals surface area (Å²) in [5.41, 5.74) is 14.1. The molecule has 0 N–H and O–H groups in total. The Bertz CT molecular complexity index is 3000. The quantitative estimate of drug-likeness (QED) is 0.186. The van der Waals surface area contributed by atoms with Crippen LogP contribution in [-0.2, 0) is 0 Å². The molecule has 0 saturated carbocycles. The fourth-order valence-electron chi connectivity index (χ4n) is 8.07. The Kier molecular flexibility index (Phi) is 5.83. The highest BCUT2D eigenvalue weighted by Gasteiger charge is 2.24.